The van der Waals surface area contributed by atoms with Gasteiger partial charge in [-0.1, -0.05) is 12.1 Å². The molecule has 0 aromatic heterocycles. The maximum absolute atomic E-state index is 9.67. The fourth-order valence-corrected chi connectivity index (χ4v) is 2.80. The lowest BCUT2D eigenvalue weighted by Gasteiger charge is -2.29. The Bertz CT molecular complexity index is 386. The van der Waals surface area contributed by atoms with Crippen molar-refractivity contribution in [3.05, 3.63) is 23.8 Å². The van der Waals surface area contributed by atoms with E-state index in [0.29, 0.717) is 17.7 Å². The van der Waals surface area contributed by atoms with Crippen molar-refractivity contribution in [3.63, 3.8) is 0 Å². The van der Waals surface area contributed by atoms with E-state index < -0.39 is 0 Å². The minimum absolute atomic E-state index is 0.273. The molecule has 0 spiro atoms. The van der Waals surface area contributed by atoms with Gasteiger partial charge in [0.2, 0.25) is 0 Å². The van der Waals surface area contributed by atoms with Gasteiger partial charge in [0.15, 0.2) is 11.5 Å². The predicted molar refractivity (Wildman–Crippen MR) is 61.8 cm³/mol. The monoisotopic (exact) mass is 219 g/mol. The number of fused-ring (bicyclic) bond motifs is 1. The van der Waals surface area contributed by atoms with E-state index in [1.807, 2.05) is 6.07 Å². The third-order valence-electron chi connectivity index (χ3n) is 3.67. The van der Waals surface area contributed by atoms with E-state index in [9.17, 15) is 5.11 Å². The van der Waals surface area contributed by atoms with Crippen LogP contribution in [0.2, 0.25) is 0 Å². The predicted octanol–water partition coefficient (Wildman–Crippen LogP) is 1.70. The molecule has 16 heavy (non-hydrogen) atoms. The van der Waals surface area contributed by atoms with Crippen LogP contribution in [0.4, 0.5) is 0 Å². The van der Waals surface area contributed by atoms with Crippen LogP contribution in [0, 0.1) is 5.92 Å². The number of hydrogen-bond donors (Lipinski definition) is 2. The third-order valence-corrected chi connectivity index (χ3v) is 3.67. The Labute approximate surface area is 95.4 Å². The molecule has 3 rings (SSSR count). The van der Waals surface area contributed by atoms with E-state index >= 15 is 0 Å². The van der Waals surface area contributed by atoms with E-state index in [2.05, 4.69) is 11.4 Å². The van der Waals surface area contributed by atoms with Crippen LogP contribution < -0.4 is 10.1 Å². The summed E-state index contributed by atoms with van der Waals surface area (Å²) < 4.78 is 5.69. The lowest BCUT2D eigenvalue weighted by atomic mass is 9.89. The molecule has 0 radical (unpaired) electrons. The lowest BCUT2D eigenvalue weighted by molar-refractivity contribution is 0.185. The van der Waals surface area contributed by atoms with Gasteiger partial charge in [-0.05, 0) is 37.4 Å². The topological polar surface area (TPSA) is 41.5 Å². The molecule has 2 heterocycles. The fourth-order valence-electron chi connectivity index (χ4n) is 2.80. The van der Waals surface area contributed by atoms with Crippen LogP contribution in [0.25, 0.3) is 0 Å². The molecule has 0 saturated carbocycles. The Morgan fingerprint density at radius 2 is 2.31 bits per heavy atom. The van der Waals surface area contributed by atoms with Gasteiger partial charge in [0, 0.05) is 12.0 Å². The number of aromatic hydroxyl groups is 1. The van der Waals surface area contributed by atoms with Crippen LogP contribution in [-0.4, -0.2) is 24.3 Å². The van der Waals surface area contributed by atoms with Crippen molar-refractivity contribution in [2.75, 3.05) is 13.2 Å². The van der Waals surface area contributed by atoms with Crippen LogP contribution in [0.15, 0.2) is 18.2 Å². The van der Waals surface area contributed by atoms with Crippen molar-refractivity contribution in [1.29, 1.82) is 0 Å². The molecule has 2 N–H and O–H groups in total. The molecule has 86 valence electrons. The zero-order chi connectivity index (χ0) is 11.0. The minimum atomic E-state index is 0.273. The van der Waals surface area contributed by atoms with Gasteiger partial charge in [-0.25, -0.2) is 0 Å². The summed E-state index contributed by atoms with van der Waals surface area (Å²) in [5.41, 5.74) is 1.14. The van der Waals surface area contributed by atoms with Crippen LogP contribution in [0.3, 0.4) is 0 Å². The highest BCUT2D eigenvalue weighted by atomic mass is 16.5. The smallest absolute Gasteiger partial charge is 0.164 e. The van der Waals surface area contributed by atoms with Crippen molar-refractivity contribution >= 4 is 0 Å². The Morgan fingerprint density at radius 3 is 3.12 bits per heavy atom. The molecule has 1 aromatic carbocycles. The fraction of sp³-hybridized carbons (Fsp3) is 0.538. The van der Waals surface area contributed by atoms with Crippen molar-refractivity contribution in [3.8, 4) is 11.5 Å². The summed E-state index contributed by atoms with van der Waals surface area (Å²) in [4.78, 5) is 0. The molecule has 2 unspecified atom stereocenters. The number of phenols is 1. The highest BCUT2D eigenvalue weighted by Crippen LogP contribution is 2.36. The molecule has 2 aliphatic heterocycles. The van der Waals surface area contributed by atoms with Crippen LogP contribution in [-0.2, 0) is 6.42 Å². The molecule has 3 heteroatoms. The molecule has 1 fully saturated rings. The average molecular weight is 219 g/mol. The highest BCUT2D eigenvalue weighted by Gasteiger charge is 2.30. The molecule has 1 aromatic rings. The van der Waals surface area contributed by atoms with Gasteiger partial charge < -0.3 is 15.2 Å². The van der Waals surface area contributed by atoms with Crippen molar-refractivity contribution < 1.29 is 9.84 Å². The zero-order valence-electron chi connectivity index (χ0n) is 9.28. The Kier molecular flexibility index (Phi) is 2.48. The molecule has 0 aliphatic carbocycles. The van der Waals surface area contributed by atoms with E-state index in [-0.39, 0.29) is 5.75 Å². The average Bonchev–Trinajstić information content (AvgIpc) is 2.82. The second-order valence-electron chi connectivity index (χ2n) is 4.74. The summed E-state index contributed by atoms with van der Waals surface area (Å²) in [7, 11) is 0. The highest BCUT2D eigenvalue weighted by molar-refractivity contribution is 5.46. The molecule has 2 aliphatic rings. The SMILES string of the molecule is Oc1cccc2c1OCC(C1CCCN1)C2. The van der Waals surface area contributed by atoms with Gasteiger partial charge in [-0.3, -0.25) is 0 Å². The van der Waals surface area contributed by atoms with Gasteiger partial charge in [0.1, 0.15) is 0 Å². The first-order valence-electron chi connectivity index (χ1n) is 6.01. The quantitative estimate of drug-likeness (QED) is 0.755. The Morgan fingerprint density at radius 1 is 1.38 bits per heavy atom. The summed E-state index contributed by atoms with van der Waals surface area (Å²) in [5, 5.41) is 13.2. The second-order valence-corrected chi connectivity index (χ2v) is 4.74. The number of phenolic OH excluding ortho intramolecular Hbond substituents is 1. The first-order valence-corrected chi connectivity index (χ1v) is 6.01. The number of hydrogen-bond acceptors (Lipinski definition) is 3. The molecule has 0 bridgehead atoms. The van der Waals surface area contributed by atoms with Gasteiger partial charge in [0.05, 0.1) is 6.61 Å². The summed E-state index contributed by atoms with van der Waals surface area (Å²) in [6.45, 7) is 1.86. The minimum Gasteiger partial charge on any atom is -0.504 e. The van der Waals surface area contributed by atoms with Crippen LogP contribution >= 0.6 is 0 Å². The first kappa shape index (κ1) is 9.97. The Hall–Kier alpha value is -1.22. The van der Waals surface area contributed by atoms with Crippen LogP contribution in [0.5, 0.6) is 11.5 Å². The van der Waals surface area contributed by atoms with Crippen LogP contribution in [0.1, 0.15) is 18.4 Å². The van der Waals surface area contributed by atoms with Gasteiger partial charge in [0.25, 0.3) is 0 Å². The number of para-hydroxylation sites is 1. The van der Waals surface area contributed by atoms with Gasteiger partial charge in [-0.15, -0.1) is 0 Å². The molecule has 3 nitrogen and oxygen atoms in total. The van der Waals surface area contributed by atoms with Crippen molar-refractivity contribution in [2.45, 2.75) is 25.3 Å². The third kappa shape index (κ3) is 1.65. The molecule has 0 amide bonds. The van der Waals surface area contributed by atoms with Crippen molar-refractivity contribution in [2.24, 2.45) is 5.92 Å². The summed E-state index contributed by atoms with van der Waals surface area (Å²) in [6.07, 6.45) is 3.54. The number of nitrogens with one attached hydrogen (secondary N) is 1. The van der Waals surface area contributed by atoms with Crippen molar-refractivity contribution in [1.82, 2.24) is 5.32 Å². The molecule has 2 atom stereocenters. The number of ether oxygens (including phenoxy) is 1. The Balaban J connectivity index is 1.80. The van der Waals surface area contributed by atoms with E-state index in [1.165, 1.54) is 12.8 Å². The molecular formula is C13H17NO2. The number of rotatable bonds is 1. The van der Waals surface area contributed by atoms with E-state index in [4.69, 9.17) is 4.74 Å². The first-order chi connectivity index (χ1) is 7.84. The normalized spacial score (nSPS) is 28.5. The summed E-state index contributed by atoms with van der Waals surface area (Å²) in [6, 6.07) is 6.22. The molecule has 1 saturated heterocycles. The molecular weight excluding hydrogens is 202 g/mol. The summed E-state index contributed by atoms with van der Waals surface area (Å²) in [5.74, 6) is 1.52. The second kappa shape index (κ2) is 3.98. The summed E-state index contributed by atoms with van der Waals surface area (Å²) >= 11 is 0. The van der Waals surface area contributed by atoms with Gasteiger partial charge in [-0.2, -0.15) is 0 Å². The largest absolute Gasteiger partial charge is 0.504 e. The maximum atomic E-state index is 9.67. The standard InChI is InChI=1S/C13H17NO2/c15-12-5-1-3-9-7-10(8-16-13(9)12)11-4-2-6-14-11/h1,3,5,10-11,14-15H,2,4,6-8H2. The lowest BCUT2D eigenvalue weighted by Crippen LogP contribution is -2.37. The number of benzene rings is 1. The maximum Gasteiger partial charge on any atom is 0.164 e. The van der Waals surface area contributed by atoms with Gasteiger partial charge >= 0.3 is 0 Å². The van der Waals surface area contributed by atoms with E-state index in [0.717, 1.165) is 25.1 Å². The zero-order valence-corrected chi connectivity index (χ0v) is 9.28. The van der Waals surface area contributed by atoms with E-state index in [1.54, 1.807) is 6.07 Å².